The van der Waals surface area contributed by atoms with E-state index in [-0.39, 0.29) is 12.1 Å². The van der Waals surface area contributed by atoms with Gasteiger partial charge in [-0.15, -0.1) is 0 Å². The molecule has 5 heteroatoms. The molecule has 0 aliphatic heterocycles. The number of carboxylic acid groups (broad SMARTS) is 1. The van der Waals surface area contributed by atoms with Crippen LogP contribution in [0.15, 0.2) is 12.2 Å². The van der Waals surface area contributed by atoms with Crippen LogP contribution in [0.3, 0.4) is 0 Å². The van der Waals surface area contributed by atoms with Gasteiger partial charge in [0.05, 0.1) is 12.0 Å². The monoisotopic (exact) mass is 252 g/mol. The third kappa shape index (κ3) is 3.48. The molecule has 1 fully saturated rings. The Kier molecular flexibility index (Phi) is 4.23. The molecular formula is C13H20N2O3. The van der Waals surface area contributed by atoms with Crippen molar-refractivity contribution in [3.63, 3.8) is 0 Å². The van der Waals surface area contributed by atoms with Gasteiger partial charge in [0.1, 0.15) is 0 Å². The van der Waals surface area contributed by atoms with Crippen LogP contribution >= 0.6 is 0 Å². The largest absolute Gasteiger partial charge is 0.481 e. The van der Waals surface area contributed by atoms with Crippen LogP contribution in [0.1, 0.15) is 32.1 Å². The van der Waals surface area contributed by atoms with Gasteiger partial charge in [-0.1, -0.05) is 31.4 Å². The molecule has 2 aliphatic rings. The number of hydrogen-bond acceptors (Lipinski definition) is 2. The molecule has 0 bridgehead atoms. The molecule has 2 atom stereocenters. The summed E-state index contributed by atoms with van der Waals surface area (Å²) < 4.78 is 0. The Bertz CT molecular complexity index is 350. The third-order valence-corrected chi connectivity index (χ3v) is 3.78. The van der Waals surface area contributed by atoms with Gasteiger partial charge in [0, 0.05) is 6.54 Å². The topological polar surface area (TPSA) is 78.4 Å². The van der Waals surface area contributed by atoms with Gasteiger partial charge < -0.3 is 15.7 Å². The minimum Gasteiger partial charge on any atom is -0.481 e. The van der Waals surface area contributed by atoms with Gasteiger partial charge in [0.15, 0.2) is 0 Å². The van der Waals surface area contributed by atoms with Crippen molar-refractivity contribution in [2.75, 3.05) is 6.54 Å². The van der Waals surface area contributed by atoms with Gasteiger partial charge in [0.25, 0.3) is 0 Å². The fraction of sp³-hybridized carbons (Fsp3) is 0.692. The van der Waals surface area contributed by atoms with Crippen molar-refractivity contribution < 1.29 is 14.7 Å². The molecule has 0 spiro atoms. The van der Waals surface area contributed by atoms with Crippen LogP contribution in [0, 0.1) is 11.8 Å². The zero-order chi connectivity index (χ0) is 13.0. The standard InChI is InChI=1S/C13H20N2O3/c16-12(17)10-4-5-11(8-10)15-13(18)14-7-6-9-2-1-3-9/h4-5,9-11H,1-3,6-8H2,(H,16,17)(H2,14,15,18). The van der Waals surface area contributed by atoms with Crippen LogP contribution in [0.4, 0.5) is 4.79 Å². The van der Waals surface area contributed by atoms with Crippen LogP contribution in [0.5, 0.6) is 0 Å². The maximum Gasteiger partial charge on any atom is 0.315 e. The van der Waals surface area contributed by atoms with Crippen molar-refractivity contribution in [1.82, 2.24) is 10.6 Å². The average molecular weight is 252 g/mol. The van der Waals surface area contributed by atoms with Crippen molar-refractivity contribution in [2.45, 2.75) is 38.1 Å². The zero-order valence-electron chi connectivity index (χ0n) is 10.4. The van der Waals surface area contributed by atoms with Gasteiger partial charge in [-0.3, -0.25) is 4.79 Å². The molecular weight excluding hydrogens is 232 g/mol. The van der Waals surface area contributed by atoms with E-state index in [9.17, 15) is 9.59 Å². The lowest BCUT2D eigenvalue weighted by molar-refractivity contribution is -0.140. The SMILES string of the molecule is O=C(NCCC1CCC1)NC1C=CC(C(=O)O)C1. The molecule has 5 nitrogen and oxygen atoms in total. The number of amides is 2. The molecule has 2 aliphatic carbocycles. The first-order valence-electron chi connectivity index (χ1n) is 6.60. The molecule has 0 heterocycles. The van der Waals surface area contributed by atoms with Crippen LogP contribution in [-0.2, 0) is 4.79 Å². The molecule has 2 rings (SSSR count). The summed E-state index contributed by atoms with van der Waals surface area (Å²) in [6, 6.07) is -0.357. The number of carboxylic acids is 1. The highest BCUT2D eigenvalue weighted by atomic mass is 16.4. The van der Waals surface area contributed by atoms with E-state index in [4.69, 9.17) is 5.11 Å². The fourth-order valence-electron chi connectivity index (χ4n) is 2.38. The summed E-state index contributed by atoms with van der Waals surface area (Å²) in [6.45, 7) is 0.704. The predicted molar refractivity (Wildman–Crippen MR) is 67.2 cm³/mol. The van der Waals surface area contributed by atoms with E-state index in [2.05, 4.69) is 10.6 Å². The second-order valence-electron chi connectivity index (χ2n) is 5.16. The first-order chi connectivity index (χ1) is 8.65. The highest BCUT2D eigenvalue weighted by molar-refractivity contribution is 5.76. The Labute approximate surface area is 107 Å². The Morgan fingerprint density at radius 1 is 1.28 bits per heavy atom. The molecule has 2 amide bonds. The molecule has 0 aromatic heterocycles. The Morgan fingerprint density at radius 3 is 2.61 bits per heavy atom. The van der Waals surface area contributed by atoms with Crippen LogP contribution in [0.2, 0.25) is 0 Å². The summed E-state index contributed by atoms with van der Waals surface area (Å²) in [5, 5.41) is 14.4. The molecule has 0 radical (unpaired) electrons. The lowest BCUT2D eigenvalue weighted by atomic mass is 9.83. The van der Waals surface area contributed by atoms with Gasteiger partial charge in [-0.05, 0) is 18.8 Å². The minimum atomic E-state index is -0.832. The second kappa shape index (κ2) is 5.89. The quantitative estimate of drug-likeness (QED) is 0.649. The first-order valence-corrected chi connectivity index (χ1v) is 6.60. The smallest absolute Gasteiger partial charge is 0.315 e. The van der Waals surface area contributed by atoms with Crippen molar-refractivity contribution in [3.8, 4) is 0 Å². The predicted octanol–water partition coefficient (Wildman–Crippen LogP) is 1.51. The molecule has 1 saturated carbocycles. The van der Waals surface area contributed by atoms with Crippen LogP contribution in [-0.4, -0.2) is 29.7 Å². The number of rotatable bonds is 5. The van der Waals surface area contributed by atoms with E-state index in [0.29, 0.717) is 13.0 Å². The maximum absolute atomic E-state index is 11.6. The highest BCUT2D eigenvalue weighted by Gasteiger charge is 2.25. The summed E-state index contributed by atoms with van der Waals surface area (Å²) in [5.41, 5.74) is 0. The van der Waals surface area contributed by atoms with Crippen LogP contribution in [0.25, 0.3) is 0 Å². The molecule has 0 aromatic carbocycles. The third-order valence-electron chi connectivity index (χ3n) is 3.78. The minimum absolute atomic E-state index is 0.158. The van der Waals surface area contributed by atoms with Gasteiger partial charge in [-0.25, -0.2) is 4.79 Å². The fourth-order valence-corrected chi connectivity index (χ4v) is 2.38. The zero-order valence-corrected chi connectivity index (χ0v) is 10.4. The van der Waals surface area contributed by atoms with Gasteiger partial charge >= 0.3 is 12.0 Å². The normalized spacial score (nSPS) is 26.7. The van der Waals surface area contributed by atoms with Gasteiger partial charge in [-0.2, -0.15) is 0 Å². The summed E-state index contributed by atoms with van der Waals surface area (Å²) in [5.74, 6) is -0.515. The summed E-state index contributed by atoms with van der Waals surface area (Å²) >= 11 is 0. The van der Waals surface area contributed by atoms with E-state index in [1.165, 1.54) is 19.3 Å². The number of aliphatic carboxylic acids is 1. The van der Waals surface area contributed by atoms with Gasteiger partial charge in [0.2, 0.25) is 0 Å². The van der Waals surface area contributed by atoms with E-state index in [1.807, 2.05) is 0 Å². The summed E-state index contributed by atoms with van der Waals surface area (Å²) in [6.07, 6.45) is 8.78. The van der Waals surface area contributed by atoms with Crippen molar-refractivity contribution in [1.29, 1.82) is 0 Å². The van der Waals surface area contributed by atoms with E-state index in [0.717, 1.165) is 12.3 Å². The summed E-state index contributed by atoms with van der Waals surface area (Å²) in [4.78, 5) is 22.3. The van der Waals surface area contributed by atoms with Crippen molar-refractivity contribution in [2.24, 2.45) is 11.8 Å². The molecule has 18 heavy (non-hydrogen) atoms. The lowest BCUT2D eigenvalue weighted by Crippen LogP contribution is -2.41. The van der Waals surface area contributed by atoms with E-state index < -0.39 is 11.9 Å². The number of carbonyl (C=O) groups excluding carboxylic acids is 1. The van der Waals surface area contributed by atoms with E-state index >= 15 is 0 Å². The number of carbonyl (C=O) groups is 2. The number of urea groups is 1. The van der Waals surface area contributed by atoms with Crippen molar-refractivity contribution >= 4 is 12.0 Å². The molecule has 3 N–H and O–H groups in total. The second-order valence-corrected chi connectivity index (χ2v) is 5.16. The van der Waals surface area contributed by atoms with E-state index in [1.54, 1.807) is 12.2 Å². The van der Waals surface area contributed by atoms with Crippen LogP contribution < -0.4 is 10.6 Å². The molecule has 0 aromatic rings. The number of hydrogen-bond donors (Lipinski definition) is 3. The molecule has 100 valence electrons. The highest BCUT2D eigenvalue weighted by Crippen LogP contribution is 2.28. The maximum atomic E-state index is 11.6. The molecule has 0 saturated heterocycles. The van der Waals surface area contributed by atoms with Crippen molar-refractivity contribution in [3.05, 3.63) is 12.2 Å². The summed E-state index contributed by atoms with van der Waals surface area (Å²) in [7, 11) is 0. The first kappa shape index (κ1) is 12.9. The Hall–Kier alpha value is -1.52. The average Bonchev–Trinajstić information content (AvgIpc) is 2.70. The molecule has 2 unspecified atom stereocenters. The Balaban J connectivity index is 1.59. The lowest BCUT2D eigenvalue weighted by Gasteiger charge is -2.25. The number of nitrogens with one attached hydrogen (secondary N) is 2. The Morgan fingerprint density at radius 2 is 2.06 bits per heavy atom.